The fraction of sp³-hybridized carbons (Fsp3) is 0.286. The van der Waals surface area contributed by atoms with E-state index in [4.69, 9.17) is 21.1 Å². The lowest BCUT2D eigenvalue weighted by Crippen LogP contribution is -2.42. The number of nitrogens with one attached hydrogen (secondary N) is 1. The lowest BCUT2D eigenvalue weighted by Gasteiger charge is -2.27. The normalized spacial score (nSPS) is 15.6. The van der Waals surface area contributed by atoms with Crippen molar-refractivity contribution in [3.8, 4) is 11.5 Å². The number of amides is 1. The van der Waals surface area contributed by atoms with Crippen LogP contribution in [-0.4, -0.2) is 34.6 Å². The second-order valence-electron chi connectivity index (χ2n) is 7.46. The maximum Gasteiger partial charge on any atom is 0.265 e. The number of hydrogen-bond acceptors (Lipinski definition) is 5. The van der Waals surface area contributed by atoms with Gasteiger partial charge >= 0.3 is 0 Å². The summed E-state index contributed by atoms with van der Waals surface area (Å²) in [6.45, 7) is 7.78. The van der Waals surface area contributed by atoms with Crippen LogP contribution in [0.4, 0.5) is 11.4 Å². The van der Waals surface area contributed by atoms with Crippen LogP contribution in [0.5, 0.6) is 11.5 Å². The van der Waals surface area contributed by atoms with Crippen LogP contribution in [-0.2, 0) is 14.8 Å². The van der Waals surface area contributed by atoms with Crippen LogP contribution in [0.2, 0.25) is 5.02 Å². The zero-order chi connectivity index (χ0) is 22.1. The molecule has 0 atom stereocenters. The molecule has 0 saturated carbocycles. The molecule has 1 N–H and O–H groups in total. The first-order valence-corrected chi connectivity index (χ1v) is 11.0. The van der Waals surface area contributed by atoms with Crippen molar-refractivity contribution >= 4 is 38.9 Å². The number of sulfonamides is 1. The smallest absolute Gasteiger partial charge is 0.265 e. The number of carbonyl (C=O) groups is 1. The number of anilines is 2. The van der Waals surface area contributed by atoms with E-state index in [1.54, 1.807) is 49.1 Å². The standard InChI is InChI=1S/C21H23ClN2O5S/c1-5-10-24-16-8-7-15(12-18(16)29-13-21(2,3)20(24)25)23-30(26,27)19-11-14(22)6-9-17(19)28-4/h5-9,11-12,23H,1,10,13H2,2-4H3. The number of halogens is 1. The van der Waals surface area contributed by atoms with Gasteiger partial charge in [-0.2, -0.15) is 0 Å². The summed E-state index contributed by atoms with van der Waals surface area (Å²) in [5.74, 6) is 0.467. The van der Waals surface area contributed by atoms with Crippen molar-refractivity contribution in [2.75, 3.05) is 29.9 Å². The molecular formula is C21H23ClN2O5S. The minimum atomic E-state index is -3.98. The second-order valence-corrected chi connectivity index (χ2v) is 9.55. The zero-order valence-corrected chi connectivity index (χ0v) is 18.5. The molecule has 0 fully saturated rings. The fourth-order valence-electron chi connectivity index (χ4n) is 3.09. The molecule has 0 aromatic heterocycles. The van der Waals surface area contributed by atoms with Crippen LogP contribution in [0.1, 0.15) is 13.8 Å². The molecule has 0 saturated heterocycles. The van der Waals surface area contributed by atoms with E-state index in [9.17, 15) is 13.2 Å². The molecule has 2 aromatic rings. The lowest BCUT2D eigenvalue weighted by molar-refractivity contribution is -0.127. The largest absolute Gasteiger partial charge is 0.495 e. The van der Waals surface area contributed by atoms with Gasteiger partial charge in [0.15, 0.2) is 0 Å². The van der Waals surface area contributed by atoms with Gasteiger partial charge in [0.25, 0.3) is 10.0 Å². The predicted molar refractivity (Wildman–Crippen MR) is 117 cm³/mol. The molecule has 0 unspecified atom stereocenters. The minimum Gasteiger partial charge on any atom is -0.495 e. The number of ether oxygens (including phenoxy) is 2. The van der Waals surface area contributed by atoms with Gasteiger partial charge in [-0.25, -0.2) is 8.42 Å². The topological polar surface area (TPSA) is 84.9 Å². The first-order valence-electron chi connectivity index (χ1n) is 9.15. The summed E-state index contributed by atoms with van der Waals surface area (Å²) in [7, 11) is -2.60. The first-order chi connectivity index (χ1) is 14.1. The summed E-state index contributed by atoms with van der Waals surface area (Å²) >= 11 is 5.97. The van der Waals surface area contributed by atoms with E-state index < -0.39 is 15.4 Å². The molecule has 1 aliphatic rings. The van der Waals surface area contributed by atoms with Crippen LogP contribution < -0.4 is 19.1 Å². The third kappa shape index (κ3) is 4.24. The molecule has 2 aromatic carbocycles. The molecule has 0 radical (unpaired) electrons. The quantitative estimate of drug-likeness (QED) is 0.670. The molecule has 9 heteroatoms. The average molecular weight is 451 g/mol. The van der Waals surface area contributed by atoms with Crippen molar-refractivity contribution in [1.82, 2.24) is 0 Å². The highest BCUT2D eigenvalue weighted by Crippen LogP contribution is 2.39. The number of methoxy groups -OCH3 is 1. The molecule has 1 amide bonds. The SMILES string of the molecule is C=CCN1C(=O)C(C)(C)COc2cc(NS(=O)(=O)c3cc(Cl)ccc3OC)ccc21. The number of rotatable bonds is 6. The molecular weight excluding hydrogens is 428 g/mol. The summed E-state index contributed by atoms with van der Waals surface area (Å²) in [4.78, 5) is 14.4. The Kier molecular flexibility index (Phi) is 6.01. The third-order valence-corrected chi connectivity index (χ3v) is 6.28. The van der Waals surface area contributed by atoms with Gasteiger partial charge in [0.2, 0.25) is 5.91 Å². The van der Waals surface area contributed by atoms with E-state index in [1.807, 2.05) is 0 Å². The summed E-state index contributed by atoms with van der Waals surface area (Å²) in [6.07, 6.45) is 1.63. The van der Waals surface area contributed by atoms with Crippen molar-refractivity contribution in [3.63, 3.8) is 0 Å². The summed E-state index contributed by atoms with van der Waals surface area (Å²) < 4.78 is 39.4. The van der Waals surface area contributed by atoms with Gasteiger partial charge in [0.05, 0.1) is 23.9 Å². The minimum absolute atomic E-state index is 0.0852. The molecule has 0 bridgehead atoms. The van der Waals surface area contributed by atoms with Crippen molar-refractivity contribution in [1.29, 1.82) is 0 Å². The van der Waals surface area contributed by atoms with Crippen molar-refractivity contribution in [2.24, 2.45) is 5.41 Å². The van der Waals surface area contributed by atoms with Gasteiger partial charge in [0.1, 0.15) is 23.0 Å². The highest BCUT2D eigenvalue weighted by molar-refractivity contribution is 7.92. The number of fused-ring (bicyclic) bond motifs is 1. The van der Waals surface area contributed by atoms with Gasteiger partial charge in [-0.15, -0.1) is 6.58 Å². The Bertz CT molecular complexity index is 1100. The van der Waals surface area contributed by atoms with E-state index in [2.05, 4.69) is 11.3 Å². The lowest BCUT2D eigenvalue weighted by atomic mass is 9.93. The Hall–Kier alpha value is -2.71. The monoisotopic (exact) mass is 450 g/mol. The second kappa shape index (κ2) is 8.20. The van der Waals surface area contributed by atoms with E-state index >= 15 is 0 Å². The Balaban J connectivity index is 1.99. The zero-order valence-electron chi connectivity index (χ0n) is 16.9. The van der Waals surface area contributed by atoms with Crippen molar-refractivity contribution in [3.05, 3.63) is 54.1 Å². The van der Waals surface area contributed by atoms with Crippen LogP contribution in [0, 0.1) is 5.41 Å². The van der Waals surface area contributed by atoms with E-state index in [0.717, 1.165) is 0 Å². The Morgan fingerprint density at radius 1 is 1.30 bits per heavy atom. The molecule has 7 nitrogen and oxygen atoms in total. The van der Waals surface area contributed by atoms with Crippen LogP contribution in [0.25, 0.3) is 0 Å². The highest BCUT2D eigenvalue weighted by Gasteiger charge is 2.37. The van der Waals surface area contributed by atoms with Gasteiger partial charge in [0, 0.05) is 17.6 Å². The molecule has 160 valence electrons. The number of nitrogens with zero attached hydrogens (tertiary/aromatic N) is 1. The maximum atomic E-state index is 12.9. The van der Waals surface area contributed by atoms with Gasteiger partial charge in [-0.1, -0.05) is 17.7 Å². The molecule has 0 spiro atoms. The summed E-state index contributed by atoms with van der Waals surface area (Å²) in [6, 6.07) is 9.11. The first kappa shape index (κ1) is 22.0. The maximum absolute atomic E-state index is 12.9. The molecule has 30 heavy (non-hydrogen) atoms. The van der Waals surface area contributed by atoms with E-state index in [-0.39, 0.29) is 33.9 Å². The Labute approximate surface area is 181 Å². The average Bonchev–Trinajstić information content (AvgIpc) is 2.78. The highest BCUT2D eigenvalue weighted by atomic mass is 35.5. The molecule has 1 heterocycles. The molecule has 0 aliphatic carbocycles. The number of benzene rings is 2. The summed E-state index contributed by atoms with van der Waals surface area (Å²) in [5, 5.41) is 0.266. The van der Waals surface area contributed by atoms with E-state index in [0.29, 0.717) is 18.0 Å². The van der Waals surface area contributed by atoms with Crippen LogP contribution >= 0.6 is 11.6 Å². The molecule has 1 aliphatic heterocycles. The Morgan fingerprint density at radius 2 is 2.03 bits per heavy atom. The van der Waals surface area contributed by atoms with Crippen LogP contribution in [0.15, 0.2) is 53.9 Å². The van der Waals surface area contributed by atoms with Crippen molar-refractivity contribution in [2.45, 2.75) is 18.7 Å². The fourth-order valence-corrected chi connectivity index (χ4v) is 4.57. The van der Waals surface area contributed by atoms with Gasteiger partial charge < -0.3 is 14.4 Å². The third-order valence-electron chi connectivity index (χ3n) is 4.64. The van der Waals surface area contributed by atoms with Gasteiger partial charge in [-0.05, 0) is 44.2 Å². The van der Waals surface area contributed by atoms with Gasteiger partial charge in [-0.3, -0.25) is 9.52 Å². The van der Waals surface area contributed by atoms with Crippen molar-refractivity contribution < 1.29 is 22.7 Å². The van der Waals surface area contributed by atoms with E-state index in [1.165, 1.54) is 19.2 Å². The number of hydrogen-bond donors (Lipinski definition) is 1. The predicted octanol–water partition coefficient (Wildman–Crippen LogP) is 4.09. The summed E-state index contributed by atoms with van der Waals surface area (Å²) in [5.41, 5.74) is 0.0887. The van der Waals surface area contributed by atoms with Crippen LogP contribution in [0.3, 0.4) is 0 Å². The molecule has 3 rings (SSSR count). The Morgan fingerprint density at radius 3 is 2.70 bits per heavy atom. The number of carbonyl (C=O) groups excluding carboxylic acids is 1.